The summed E-state index contributed by atoms with van der Waals surface area (Å²) in [4.78, 5) is 3.13. The van der Waals surface area contributed by atoms with E-state index >= 15 is 0 Å². The fourth-order valence-corrected chi connectivity index (χ4v) is 2.78. The first-order chi connectivity index (χ1) is 9.74. The maximum atomic E-state index is 13.7. The van der Waals surface area contributed by atoms with Gasteiger partial charge in [0, 0.05) is 5.39 Å². The molecule has 0 bridgehead atoms. The van der Waals surface area contributed by atoms with E-state index in [4.69, 9.17) is 16.0 Å². The summed E-state index contributed by atoms with van der Waals surface area (Å²) < 4.78 is 19.3. The number of hydrogen-bond donors (Lipinski definition) is 1. The number of fused-ring (bicyclic) bond motifs is 3. The van der Waals surface area contributed by atoms with Crippen LogP contribution in [0.3, 0.4) is 0 Å². The summed E-state index contributed by atoms with van der Waals surface area (Å²) in [5.41, 5.74) is 3.68. The van der Waals surface area contributed by atoms with E-state index in [0.29, 0.717) is 5.88 Å². The number of carbonyl (C=O) groups excluding carboxylic acids is 1. The lowest BCUT2D eigenvalue weighted by atomic mass is 9.98. The molecule has 1 aromatic heterocycles. The maximum absolute atomic E-state index is 13.7. The van der Waals surface area contributed by atoms with Crippen LogP contribution in [-0.4, -0.2) is 11.3 Å². The first-order valence-electron chi connectivity index (χ1n) is 6.32. The lowest BCUT2D eigenvalue weighted by molar-refractivity contribution is -0.360. The van der Waals surface area contributed by atoms with Crippen LogP contribution in [0.1, 0.15) is 12.0 Å². The van der Waals surface area contributed by atoms with E-state index in [1.165, 1.54) is 6.07 Å². The second-order valence-corrected chi connectivity index (χ2v) is 5.19. The number of hydrogen-bond acceptors (Lipinski definition) is 0. The number of benzene rings is 1. The third-order valence-corrected chi connectivity index (χ3v) is 3.84. The first-order valence-corrected chi connectivity index (χ1v) is 6.70. The zero-order valence-electron chi connectivity index (χ0n) is 10.4. The second-order valence-electron chi connectivity index (χ2n) is 4.79. The van der Waals surface area contributed by atoms with Gasteiger partial charge in [-0.2, -0.15) is 4.42 Å². The summed E-state index contributed by atoms with van der Waals surface area (Å²) in [5.74, 6) is 0.212. The minimum Gasteiger partial charge on any atom is -0.274 e. The van der Waals surface area contributed by atoms with E-state index in [1.54, 1.807) is 12.4 Å². The third kappa shape index (κ3) is 1.60. The van der Waals surface area contributed by atoms with Crippen LogP contribution in [0.5, 0.6) is 5.88 Å². The molecule has 0 saturated carbocycles. The Labute approximate surface area is 119 Å². The van der Waals surface area contributed by atoms with Crippen LogP contribution in [0.25, 0.3) is 16.5 Å². The van der Waals surface area contributed by atoms with Crippen LogP contribution in [0.15, 0.2) is 42.0 Å². The van der Waals surface area contributed by atoms with Crippen molar-refractivity contribution in [1.29, 1.82) is 0 Å². The SMILES string of the molecule is Fc1cc2c3c([nH]c2cc1Cl)[O+]=CC3=C1C=CCC=C1. The van der Waals surface area contributed by atoms with Gasteiger partial charge in [-0.25, -0.2) is 4.39 Å². The van der Waals surface area contributed by atoms with Gasteiger partial charge in [0.15, 0.2) is 0 Å². The van der Waals surface area contributed by atoms with E-state index < -0.39 is 5.82 Å². The summed E-state index contributed by atoms with van der Waals surface area (Å²) in [6.07, 6.45) is 10.9. The van der Waals surface area contributed by atoms with Crippen molar-refractivity contribution in [3.8, 4) is 5.88 Å². The normalized spacial score (nSPS) is 16.5. The van der Waals surface area contributed by atoms with Gasteiger partial charge < -0.3 is 0 Å². The van der Waals surface area contributed by atoms with Crippen LogP contribution < -0.4 is 0 Å². The highest BCUT2D eigenvalue weighted by Gasteiger charge is 2.32. The number of allylic oxidation sites excluding steroid dienone is 6. The average molecular weight is 287 g/mol. The van der Waals surface area contributed by atoms with Crippen LogP contribution in [0.2, 0.25) is 5.02 Å². The number of halogens is 2. The molecule has 98 valence electrons. The summed E-state index contributed by atoms with van der Waals surface area (Å²) in [6, 6.07) is 3.04. The molecule has 0 fully saturated rings. The molecular weight excluding hydrogens is 277 g/mol. The molecule has 4 rings (SSSR count). The quantitative estimate of drug-likeness (QED) is 0.413. The van der Waals surface area contributed by atoms with Crippen LogP contribution in [0.4, 0.5) is 4.39 Å². The van der Waals surface area contributed by atoms with Crippen molar-refractivity contribution in [1.82, 2.24) is 4.98 Å². The Morgan fingerprint density at radius 1 is 1.20 bits per heavy atom. The van der Waals surface area contributed by atoms with Gasteiger partial charge in [-0.05, 0) is 24.1 Å². The van der Waals surface area contributed by atoms with Crippen molar-refractivity contribution in [3.63, 3.8) is 0 Å². The summed E-state index contributed by atoms with van der Waals surface area (Å²) in [7, 11) is 0. The Balaban J connectivity index is 2.03. The molecule has 2 nitrogen and oxygen atoms in total. The Bertz CT molecular complexity index is 841. The lowest BCUT2D eigenvalue weighted by Gasteiger charge is -2.01. The minimum absolute atomic E-state index is 0.105. The summed E-state index contributed by atoms with van der Waals surface area (Å²) in [5, 5.41) is 0.888. The summed E-state index contributed by atoms with van der Waals surface area (Å²) in [6.45, 7) is 0. The van der Waals surface area contributed by atoms with Crippen molar-refractivity contribution in [3.05, 3.63) is 58.4 Å². The topological polar surface area (TPSA) is 27.1 Å². The molecule has 0 radical (unpaired) electrons. The number of H-pyrrole nitrogens is 1. The number of aldehydes is 1. The fraction of sp³-hybridized carbons (Fsp3) is 0.0625. The van der Waals surface area contributed by atoms with Crippen LogP contribution in [0, 0.1) is 5.82 Å². The molecule has 0 spiro atoms. The van der Waals surface area contributed by atoms with Crippen molar-refractivity contribution in [2.24, 2.45) is 0 Å². The molecule has 0 atom stereocenters. The predicted molar refractivity (Wildman–Crippen MR) is 78.6 cm³/mol. The molecule has 2 heterocycles. The van der Waals surface area contributed by atoms with Crippen LogP contribution in [-0.2, 0) is 4.42 Å². The van der Waals surface area contributed by atoms with E-state index in [-0.39, 0.29) is 5.02 Å². The maximum Gasteiger partial charge on any atom is 0.439 e. The Hall–Kier alpha value is -2.13. The van der Waals surface area contributed by atoms with E-state index in [9.17, 15) is 4.39 Å². The van der Waals surface area contributed by atoms with Crippen molar-refractivity contribution >= 4 is 34.4 Å². The van der Waals surface area contributed by atoms with E-state index in [0.717, 1.165) is 34.0 Å². The van der Waals surface area contributed by atoms with Gasteiger partial charge in [-0.3, -0.25) is 4.98 Å². The molecule has 1 N–H and O–H groups in total. The molecule has 20 heavy (non-hydrogen) atoms. The molecule has 0 saturated heterocycles. The van der Waals surface area contributed by atoms with Gasteiger partial charge in [0.05, 0.1) is 16.1 Å². The predicted octanol–water partition coefficient (Wildman–Crippen LogP) is 4.69. The smallest absolute Gasteiger partial charge is 0.274 e. The number of nitrogens with one attached hydrogen (secondary N) is 1. The molecule has 1 aliphatic carbocycles. The van der Waals surface area contributed by atoms with Crippen molar-refractivity contribution in [2.75, 3.05) is 0 Å². The molecule has 1 aromatic carbocycles. The highest BCUT2D eigenvalue weighted by atomic mass is 35.5. The second kappa shape index (κ2) is 4.18. The molecule has 2 aromatic rings. The van der Waals surface area contributed by atoms with E-state index in [1.807, 2.05) is 0 Å². The minimum atomic E-state index is -0.424. The lowest BCUT2D eigenvalue weighted by Crippen LogP contribution is -1.88. The van der Waals surface area contributed by atoms with Gasteiger partial charge in [0.25, 0.3) is 0 Å². The highest BCUT2D eigenvalue weighted by Crippen LogP contribution is 2.40. The zero-order chi connectivity index (χ0) is 13.7. The first kappa shape index (κ1) is 11.7. The number of aromatic nitrogens is 1. The molecule has 4 heteroatoms. The van der Waals surface area contributed by atoms with Crippen molar-refractivity contribution < 1.29 is 8.82 Å². The number of aromatic amines is 1. The zero-order valence-corrected chi connectivity index (χ0v) is 11.2. The largest absolute Gasteiger partial charge is 0.439 e. The van der Waals surface area contributed by atoms with Gasteiger partial charge in [-0.15, -0.1) is 0 Å². The standard InChI is InChI=1S/C16H10ClFNO/c17-12-7-14-10(6-13(12)18)15-11(8-20-16(15)19-14)9-4-2-1-3-5-9/h2-8,19H,1H2/q+1. The molecule has 2 aliphatic rings. The van der Waals surface area contributed by atoms with Gasteiger partial charge in [0.1, 0.15) is 11.4 Å². The van der Waals surface area contributed by atoms with Gasteiger partial charge in [-0.1, -0.05) is 35.9 Å². The fourth-order valence-electron chi connectivity index (χ4n) is 2.61. The number of rotatable bonds is 0. The van der Waals surface area contributed by atoms with Crippen LogP contribution >= 0.6 is 11.6 Å². The Morgan fingerprint density at radius 3 is 2.80 bits per heavy atom. The Kier molecular flexibility index (Phi) is 2.44. The molecular formula is C16H10ClFNO+. The molecule has 0 amide bonds. The van der Waals surface area contributed by atoms with Gasteiger partial charge >= 0.3 is 12.2 Å². The molecule has 0 unspecified atom stereocenters. The monoisotopic (exact) mass is 286 g/mol. The average Bonchev–Trinajstić information content (AvgIpc) is 3.00. The third-order valence-electron chi connectivity index (χ3n) is 3.55. The molecule has 1 aliphatic heterocycles. The van der Waals surface area contributed by atoms with Gasteiger partial charge in [0.2, 0.25) is 0 Å². The Morgan fingerprint density at radius 2 is 2.00 bits per heavy atom. The van der Waals surface area contributed by atoms with Crippen molar-refractivity contribution in [2.45, 2.75) is 6.42 Å². The summed E-state index contributed by atoms with van der Waals surface area (Å²) >= 11 is 5.82. The highest BCUT2D eigenvalue weighted by molar-refractivity contribution is 6.31. The van der Waals surface area contributed by atoms with E-state index in [2.05, 4.69) is 29.3 Å².